The van der Waals surface area contributed by atoms with Crippen molar-refractivity contribution in [3.05, 3.63) is 40.3 Å². The summed E-state index contributed by atoms with van der Waals surface area (Å²) in [5.41, 5.74) is -0.484. The fraction of sp³-hybridized carbons (Fsp3) is 0.438. The van der Waals surface area contributed by atoms with Crippen molar-refractivity contribution < 1.29 is 18.3 Å². The molecular weight excluding hydrogens is 366 g/mol. The molecule has 2 heterocycles. The minimum atomic E-state index is -0.856. The second-order valence-corrected chi connectivity index (χ2v) is 7.24. The average Bonchev–Trinajstić information content (AvgIpc) is 3.22. The molecule has 1 aromatic heterocycles. The van der Waals surface area contributed by atoms with Gasteiger partial charge < -0.3 is 10.1 Å². The summed E-state index contributed by atoms with van der Waals surface area (Å²) in [4.78, 5) is 24.2. The van der Waals surface area contributed by atoms with Crippen LogP contribution in [0.4, 0.5) is 14.5 Å². The Morgan fingerprint density at radius 3 is 3.04 bits per heavy atom. The van der Waals surface area contributed by atoms with Crippen LogP contribution in [0.15, 0.2) is 28.2 Å². The van der Waals surface area contributed by atoms with E-state index in [0.717, 1.165) is 36.7 Å². The second-order valence-electron chi connectivity index (χ2n) is 5.93. The third-order valence-corrected chi connectivity index (χ3v) is 5.06. The highest BCUT2D eigenvalue weighted by atomic mass is 32.2. The predicted octanol–water partition coefficient (Wildman–Crippen LogP) is 2.15. The molecule has 0 saturated carbocycles. The van der Waals surface area contributed by atoms with Crippen molar-refractivity contribution in [3.8, 4) is 0 Å². The molecule has 2 unspecified atom stereocenters. The van der Waals surface area contributed by atoms with Gasteiger partial charge in [0.1, 0.15) is 11.6 Å². The molecule has 0 spiro atoms. The number of aromatic amines is 1. The van der Waals surface area contributed by atoms with E-state index in [0.29, 0.717) is 24.4 Å². The molecule has 1 fully saturated rings. The standard InChI is InChI=1S/C16H18F2N4O3S/c1-9(14(23)19-13-5-4-10(17)7-12(13)18)26-16-21-20-15(24)22(16)8-11-3-2-6-25-11/h4-5,7,9,11H,2-3,6,8H2,1H3,(H,19,23)(H,20,24). The van der Waals surface area contributed by atoms with Gasteiger partial charge in [-0.2, -0.15) is 0 Å². The molecule has 1 amide bonds. The monoisotopic (exact) mass is 384 g/mol. The van der Waals surface area contributed by atoms with Gasteiger partial charge in [-0.1, -0.05) is 11.8 Å². The number of thioether (sulfide) groups is 1. The molecule has 1 aliphatic rings. The van der Waals surface area contributed by atoms with Crippen LogP contribution in [0, 0.1) is 11.6 Å². The minimum Gasteiger partial charge on any atom is -0.376 e. The van der Waals surface area contributed by atoms with Crippen LogP contribution >= 0.6 is 11.8 Å². The van der Waals surface area contributed by atoms with E-state index in [9.17, 15) is 18.4 Å². The Kier molecular flexibility index (Phi) is 5.72. The summed E-state index contributed by atoms with van der Waals surface area (Å²) in [6.07, 6.45) is 1.76. The van der Waals surface area contributed by atoms with E-state index in [1.54, 1.807) is 6.92 Å². The van der Waals surface area contributed by atoms with E-state index < -0.39 is 22.8 Å². The number of carbonyl (C=O) groups excluding carboxylic acids is 1. The molecule has 2 N–H and O–H groups in total. The Hall–Kier alpha value is -2.20. The largest absolute Gasteiger partial charge is 0.376 e. The van der Waals surface area contributed by atoms with E-state index in [2.05, 4.69) is 15.5 Å². The number of benzene rings is 1. The summed E-state index contributed by atoms with van der Waals surface area (Å²) in [5, 5.41) is 8.42. The fourth-order valence-corrected chi connectivity index (χ4v) is 3.45. The van der Waals surface area contributed by atoms with Gasteiger partial charge >= 0.3 is 5.69 Å². The highest BCUT2D eigenvalue weighted by molar-refractivity contribution is 8.00. The van der Waals surface area contributed by atoms with E-state index in [4.69, 9.17) is 4.74 Å². The maximum Gasteiger partial charge on any atom is 0.344 e. The lowest BCUT2D eigenvalue weighted by Gasteiger charge is -2.14. The number of anilines is 1. The molecule has 0 bridgehead atoms. The van der Waals surface area contributed by atoms with Crippen molar-refractivity contribution in [1.82, 2.24) is 14.8 Å². The Bertz CT molecular complexity index is 848. The van der Waals surface area contributed by atoms with Gasteiger partial charge in [-0.3, -0.25) is 9.36 Å². The van der Waals surface area contributed by atoms with Crippen LogP contribution in [0.2, 0.25) is 0 Å². The van der Waals surface area contributed by atoms with Crippen molar-refractivity contribution >= 4 is 23.4 Å². The normalized spacial score (nSPS) is 18.0. The number of amides is 1. The second kappa shape index (κ2) is 8.00. The van der Waals surface area contributed by atoms with Gasteiger partial charge in [0.15, 0.2) is 5.16 Å². The van der Waals surface area contributed by atoms with Gasteiger partial charge in [-0.05, 0) is 31.9 Å². The zero-order valence-corrected chi connectivity index (χ0v) is 14.8. The summed E-state index contributed by atoms with van der Waals surface area (Å²) in [6.45, 7) is 2.64. The average molecular weight is 384 g/mol. The lowest BCUT2D eigenvalue weighted by atomic mass is 10.2. The Labute approximate surface area is 152 Å². The first-order valence-corrected chi connectivity index (χ1v) is 9.01. The number of halogens is 2. The number of carbonyl (C=O) groups is 1. The molecule has 2 atom stereocenters. The Morgan fingerprint density at radius 2 is 2.35 bits per heavy atom. The minimum absolute atomic E-state index is 0.0536. The molecule has 10 heteroatoms. The van der Waals surface area contributed by atoms with Gasteiger partial charge in [-0.15, -0.1) is 5.10 Å². The molecule has 0 aliphatic carbocycles. The molecule has 2 aromatic rings. The predicted molar refractivity (Wildman–Crippen MR) is 92.1 cm³/mol. The Balaban J connectivity index is 1.66. The zero-order chi connectivity index (χ0) is 18.7. The molecule has 7 nitrogen and oxygen atoms in total. The van der Waals surface area contributed by atoms with Crippen molar-refractivity contribution in [2.24, 2.45) is 0 Å². The lowest BCUT2D eigenvalue weighted by molar-refractivity contribution is -0.115. The number of aromatic nitrogens is 3. The van der Waals surface area contributed by atoms with Gasteiger partial charge in [0.2, 0.25) is 5.91 Å². The highest BCUT2D eigenvalue weighted by Gasteiger charge is 2.23. The molecular formula is C16H18F2N4O3S. The van der Waals surface area contributed by atoms with Crippen molar-refractivity contribution in [3.63, 3.8) is 0 Å². The van der Waals surface area contributed by atoms with E-state index >= 15 is 0 Å². The van der Waals surface area contributed by atoms with Crippen LogP contribution in [0.1, 0.15) is 19.8 Å². The summed E-state index contributed by atoms with van der Waals surface area (Å²) < 4.78 is 33.6. The summed E-state index contributed by atoms with van der Waals surface area (Å²) in [5.74, 6) is -2.07. The van der Waals surface area contributed by atoms with Crippen molar-refractivity contribution in [2.75, 3.05) is 11.9 Å². The number of ether oxygens (including phenoxy) is 1. The van der Waals surface area contributed by atoms with Crippen LogP contribution in [0.5, 0.6) is 0 Å². The van der Waals surface area contributed by atoms with Crippen LogP contribution in [0.3, 0.4) is 0 Å². The van der Waals surface area contributed by atoms with Gasteiger partial charge in [-0.25, -0.2) is 18.7 Å². The molecule has 1 aromatic carbocycles. The van der Waals surface area contributed by atoms with Crippen LogP contribution in [-0.4, -0.2) is 38.6 Å². The molecule has 1 saturated heterocycles. The maximum atomic E-state index is 13.7. The van der Waals surface area contributed by atoms with Crippen molar-refractivity contribution in [2.45, 2.75) is 42.8 Å². The number of hydrogen-bond donors (Lipinski definition) is 2. The first-order valence-electron chi connectivity index (χ1n) is 8.13. The van der Waals surface area contributed by atoms with Crippen molar-refractivity contribution in [1.29, 1.82) is 0 Å². The number of H-pyrrole nitrogens is 1. The SMILES string of the molecule is CC(Sc1n[nH]c(=O)n1CC1CCCO1)C(=O)Nc1ccc(F)cc1F. The third kappa shape index (κ3) is 4.31. The highest BCUT2D eigenvalue weighted by Crippen LogP contribution is 2.24. The lowest BCUT2D eigenvalue weighted by Crippen LogP contribution is -2.27. The third-order valence-electron chi connectivity index (χ3n) is 3.97. The Morgan fingerprint density at radius 1 is 1.54 bits per heavy atom. The first kappa shape index (κ1) is 18.6. The molecule has 140 valence electrons. The summed E-state index contributed by atoms with van der Waals surface area (Å²) in [7, 11) is 0. The van der Waals surface area contributed by atoms with E-state index in [1.165, 1.54) is 4.57 Å². The summed E-state index contributed by atoms with van der Waals surface area (Å²) in [6, 6.07) is 2.91. The van der Waals surface area contributed by atoms with Crippen LogP contribution < -0.4 is 11.0 Å². The van der Waals surface area contributed by atoms with E-state index in [-0.39, 0.29) is 17.5 Å². The fourth-order valence-electron chi connectivity index (χ4n) is 2.58. The quantitative estimate of drug-likeness (QED) is 0.745. The molecule has 26 heavy (non-hydrogen) atoms. The topological polar surface area (TPSA) is 89.0 Å². The van der Waals surface area contributed by atoms with Crippen LogP contribution in [0.25, 0.3) is 0 Å². The van der Waals surface area contributed by atoms with Gasteiger partial charge in [0, 0.05) is 12.7 Å². The van der Waals surface area contributed by atoms with Crippen LogP contribution in [-0.2, 0) is 16.1 Å². The molecule has 0 radical (unpaired) electrons. The maximum absolute atomic E-state index is 13.7. The molecule has 1 aliphatic heterocycles. The number of hydrogen-bond acceptors (Lipinski definition) is 5. The van der Waals surface area contributed by atoms with E-state index in [1.807, 2.05) is 0 Å². The molecule has 3 rings (SSSR count). The zero-order valence-electron chi connectivity index (χ0n) is 14.0. The first-order chi connectivity index (χ1) is 12.4. The number of nitrogens with zero attached hydrogens (tertiary/aromatic N) is 2. The number of nitrogens with one attached hydrogen (secondary N) is 2. The smallest absolute Gasteiger partial charge is 0.344 e. The van der Waals surface area contributed by atoms with Gasteiger partial charge in [0.05, 0.1) is 23.6 Å². The number of rotatable bonds is 6. The summed E-state index contributed by atoms with van der Waals surface area (Å²) >= 11 is 1.07. The van der Waals surface area contributed by atoms with Gasteiger partial charge in [0.25, 0.3) is 0 Å².